The summed E-state index contributed by atoms with van der Waals surface area (Å²) in [6, 6.07) is 4.24. The summed E-state index contributed by atoms with van der Waals surface area (Å²) in [6.07, 6.45) is -5.15. The SMILES string of the molecule is CCCC(=O)O[C@@H]1[C@H](OC(=O)CCC)[C@H](C)OC(Oc2ccc(NC(=O)OC(C)(C)C)cc2C(=O)OC(C)(C)C)[C@H]1OC(=O)CCC. The third kappa shape index (κ3) is 13.0. The molecule has 0 radical (unpaired) electrons. The Kier molecular flexibility index (Phi) is 14.5. The van der Waals surface area contributed by atoms with Crippen LogP contribution in [0.4, 0.5) is 10.5 Å². The van der Waals surface area contributed by atoms with E-state index in [1.54, 1.807) is 62.3 Å². The molecule has 1 fully saturated rings. The number of benzene rings is 1. The van der Waals surface area contributed by atoms with Crippen LogP contribution in [-0.4, -0.2) is 71.9 Å². The van der Waals surface area contributed by atoms with Crippen LogP contribution in [0.15, 0.2) is 18.2 Å². The molecule has 0 bridgehead atoms. The lowest BCUT2D eigenvalue weighted by molar-refractivity contribution is -0.281. The molecule has 1 amide bonds. The number of amides is 1. The van der Waals surface area contributed by atoms with Gasteiger partial charge in [-0.3, -0.25) is 19.7 Å². The monoisotopic (exact) mass is 665 g/mol. The number of carbonyl (C=O) groups is 5. The first-order valence-electron chi connectivity index (χ1n) is 16.1. The van der Waals surface area contributed by atoms with E-state index in [-0.39, 0.29) is 36.3 Å². The normalized spacial score (nSPS) is 21.2. The summed E-state index contributed by atoms with van der Waals surface area (Å²) < 4.78 is 40.6. The standard InChI is InChI=1S/C34H51NO12/c1-11-14-24(36)43-27-20(4)41-31(29(45-26(38)16-13-3)28(27)44-25(37)15-12-2)42-23-18-17-21(35-32(40)47-34(8,9)10)19-22(23)30(39)46-33(5,6)7/h17-20,27-29,31H,11-16H2,1-10H3,(H,35,40)/t20-,27+,28+,29-,31?/m0/s1. The van der Waals surface area contributed by atoms with Gasteiger partial charge in [0.25, 0.3) is 0 Å². The van der Waals surface area contributed by atoms with Crippen LogP contribution in [0, 0.1) is 0 Å². The second-order valence-corrected chi connectivity index (χ2v) is 13.3. The van der Waals surface area contributed by atoms with E-state index < -0.39 is 71.9 Å². The number of rotatable bonds is 13. The largest absolute Gasteiger partial charge is 0.460 e. The molecule has 1 aromatic carbocycles. The van der Waals surface area contributed by atoms with Gasteiger partial charge in [0.15, 0.2) is 12.2 Å². The summed E-state index contributed by atoms with van der Waals surface area (Å²) in [7, 11) is 0. The molecule has 1 unspecified atom stereocenters. The highest BCUT2D eigenvalue weighted by Gasteiger charge is 2.52. The minimum Gasteiger partial charge on any atom is -0.460 e. The zero-order valence-electron chi connectivity index (χ0n) is 29.3. The van der Waals surface area contributed by atoms with Gasteiger partial charge in [0.1, 0.15) is 22.5 Å². The summed E-state index contributed by atoms with van der Waals surface area (Å²) in [5.74, 6) is -2.57. The third-order valence-corrected chi connectivity index (χ3v) is 6.38. The number of ether oxygens (including phenoxy) is 7. The molecule has 13 nitrogen and oxygen atoms in total. The van der Waals surface area contributed by atoms with Gasteiger partial charge >= 0.3 is 30.0 Å². The summed E-state index contributed by atoms with van der Waals surface area (Å²) >= 11 is 0. The Labute approximate surface area is 277 Å². The first kappa shape index (κ1) is 39.3. The Balaban J connectivity index is 2.60. The van der Waals surface area contributed by atoms with E-state index in [0.717, 1.165) is 0 Å². The maximum atomic E-state index is 13.4. The van der Waals surface area contributed by atoms with Crippen molar-refractivity contribution < 1.29 is 57.1 Å². The van der Waals surface area contributed by atoms with Gasteiger partial charge in [0, 0.05) is 24.9 Å². The van der Waals surface area contributed by atoms with Gasteiger partial charge in [-0.25, -0.2) is 9.59 Å². The first-order valence-corrected chi connectivity index (χ1v) is 16.1. The molecule has 1 aromatic rings. The molecule has 2 rings (SSSR count). The Morgan fingerprint density at radius 3 is 1.70 bits per heavy atom. The maximum absolute atomic E-state index is 13.4. The van der Waals surface area contributed by atoms with Crippen LogP contribution < -0.4 is 10.1 Å². The van der Waals surface area contributed by atoms with E-state index in [9.17, 15) is 24.0 Å². The van der Waals surface area contributed by atoms with Gasteiger partial charge < -0.3 is 33.2 Å². The molecule has 1 heterocycles. The topological polar surface area (TPSA) is 162 Å². The Morgan fingerprint density at radius 1 is 0.723 bits per heavy atom. The van der Waals surface area contributed by atoms with E-state index in [1.807, 2.05) is 6.92 Å². The molecule has 1 N–H and O–H groups in total. The first-order chi connectivity index (χ1) is 21.9. The minimum absolute atomic E-state index is 0.0391. The van der Waals surface area contributed by atoms with Crippen LogP contribution in [0.3, 0.4) is 0 Å². The van der Waals surface area contributed by atoms with Crippen molar-refractivity contribution in [2.75, 3.05) is 5.32 Å². The zero-order chi connectivity index (χ0) is 35.5. The molecule has 13 heteroatoms. The molecule has 0 aliphatic carbocycles. The summed E-state index contributed by atoms with van der Waals surface area (Å²) in [5.41, 5.74) is -1.52. The van der Waals surface area contributed by atoms with Crippen LogP contribution in [0.5, 0.6) is 5.75 Å². The van der Waals surface area contributed by atoms with Crippen LogP contribution in [-0.2, 0) is 42.8 Å². The van der Waals surface area contributed by atoms with Gasteiger partial charge in [-0.15, -0.1) is 0 Å². The highest BCUT2D eigenvalue weighted by Crippen LogP contribution is 2.34. The Bertz CT molecular complexity index is 1250. The van der Waals surface area contributed by atoms with E-state index in [4.69, 9.17) is 33.2 Å². The highest BCUT2D eigenvalue weighted by molar-refractivity contribution is 5.95. The van der Waals surface area contributed by atoms with E-state index in [1.165, 1.54) is 18.2 Å². The Morgan fingerprint density at radius 2 is 1.21 bits per heavy atom. The second-order valence-electron chi connectivity index (χ2n) is 13.3. The zero-order valence-corrected chi connectivity index (χ0v) is 29.3. The smallest absolute Gasteiger partial charge is 0.412 e. The van der Waals surface area contributed by atoms with Crippen molar-refractivity contribution in [1.29, 1.82) is 0 Å². The van der Waals surface area contributed by atoms with Gasteiger partial charge in [0.2, 0.25) is 12.4 Å². The maximum Gasteiger partial charge on any atom is 0.412 e. The van der Waals surface area contributed by atoms with Gasteiger partial charge in [-0.1, -0.05) is 20.8 Å². The lowest BCUT2D eigenvalue weighted by Gasteiger charge is -2.43. The van der Waals surface area contributed by atoms with Crippen molar-refractivity contribution in [1.82, 2.24) is 0 Å². The molecule has 1 saturated heterocycles. The summed E-state index contributed by atoms with van der Waals surface area (Å²) in [4.78, 5) is 64.1. The highest BCUT2D eigenvalue weighted by atomic mass is 16.7. The fraction of sp³-hybridized carbons (Fsp3) is 0.676. The van der Waals surface area contributed by atoms with Crippen molar-refractivity contribution in [2.45, 2.75) is 150 Å². The molecule has 1 aliphatic heterocycles. The fourth-order valence-corrected chi connectivity index (χ4v) is 4.48. The molecular weight excluding hydrogens is 614 g/mol. The van der Waals surface area contributed by atoms with Crippen LogP contribution in [0.1, 0.15) is 118 Å². The average molecular weight is 666 g/mol. The van der Waals surface area contributed by atoms with Crippen molar-refractivity contribution >= 4 is 35.7 Å². The number of hydrogen-bond donors (Lipinski definition) is 1. The Hall–Kier alpha value is -3.87. The van der Waals surface area contributed by atoms with E-state index in [0.29, 0.717) is 19.3 Å². The minimum atomic E-state index is -1.42. The number of hydrogen-bond acceptors (Lipinski definition) is 12. The van der Waals surface area contributed by atoms with E-state index >= 15 is 0 Å². The van der Waals surface area contributed by atoms with Crippen molar-refractivity contribution in [2.24, 2.45) is 0 Å². The van der Waals surface area contributed by atoms with Crippen molar-refractivity contribution in [3.63, 3.8) is 0 Å². The van der Waals surface area contributed by atoms with Crippen LogP contribution >= 0.6 is 0 Å². The number of nitrogens with one attached hydrogen (secondary N) is 1. The predicted octanol–water partition coefficient (Wildman–Crippen LogP) is 6.25. The molecular formula is C34H51NO12. The summed E-state index contributed by atoms with van der Waals surface area (Å²) in [6.45, 7) is 17.2. The molecule has 1 aliphatic rings. The van der Waals surface area contributed by atoms with Crippen LogP contribution in [0.2, 0.25) is 0 Å². The van der Waals surface area contributed by atoms with E-state index in [2.05, 4.69) is 5.32 Å². The number of esters is 4. The lowest BCUT2D eigenvalue weighted by atomic mass is 9.98. The third-order valence-electron chi connectivity index (χ3n) is 6.38. The predicted molar refractivity (Wildman–Crippen MR) is 171 cm³/mol. The number of anilines is 1. The molecule has 264 valence electrons. The van der Waals surface area contributed by atoms with Crippen LogP contribution in [0.25, 0.3) is 0 Å². The molecule has 0 aromatic heterocycles. The van der Waals surface area contributed by atoms with Crippen molar-refractivity contribution in [3.05, 3.63) is 23.8 Å². The van der Waals surface area contributed by atoms with Crippen molar-refractivity contribution in [3.8, 4) is 5.75 Å². The molecule has 0 saturated carbocycles. The molecule has 47 heavy (non-hydrogen) atoms. The quantitative estimate of drug-likeness (QED) is 0.187. The average Bonchev–Trinajstić information content (AvgIpc) is 2.92. The van der Waals surface area contributed by atoms with Gasteiger partial charge in [0.05, 0.1) is 6.10 Å². The molecule has 5 atom stereocenters. The fourth-order valence-electron chi connectivity index (χ4n) is 4.48. The lowest BCUT2D eigenvalue weighted by Crippen LogP contribution is -2.62. The number of carbonyl (C=O) groups excluding carboxylic acids is 5. The van der Waals surface area contributed by atoms with Gasteiger partial charge in [-0.05, 0) is 85.9 Å². The second kappa shape index (κ2) is 17.3. The molecule has 0 spiro atoms. The summed E-state index contributed by atoms with van der Waals surface area (Å²) in [5, 5.41) is 2.59. The van der Waals surface area contributed by atoms with Gasteiger partial charge in [-0.2, -0.15) is 0 Å².